The van der Waals surface area contributed by atoms with Gasteiger partial charge in [0.25, 0.3) is 0 Å². The molecule has 0 unspecified atom stereocenters. The number of likely N-dealkylation sites (tertiary alicyclic amines) is 1. The number of hydrogen-bond donors (Lipinski definition) is 1. The predicted octanol–water partition coefficient (Wildman–Crippen LogP) is 2.75. The molecule has 3 atom stereocenters. The van der Waals surface area contributed by atoms with Crippen LogP contribution in [0.15, 0.2) is 17.4 Å². The highest BCUT2D eigenvalue weighted by Crippen LogP contribution is 2.44. The lowest BCUT2D eigenvalue weighted by Crippen LogP contribution is -2.41. The molecule has 1 saturated heterocycles. The van der Waals surface area contributed by atoms with Crippen LogP contribution in [-0.2, 0) is 7.05 Å². The summed E-state index contributed by atoms with van der Waals surface area (Å²) in [7, 11) is 3.92. The van der Waals surface area contributed by atoms with Gasteiger partial charge in [0.2, 0.25) is 0 Å². The zero-order valence-corrected chi connectivity index (χ0v) is 15.1. The van der Waals surface area contributed by atoms with E-state index < -0.39 is 0 Å². The molecule has 5 nitrogen and oxygen atoms in total. The molecule has 132 valence electrons. The third-order valence-electron chi connectivity index (χ3n) is 6.31. The fourth-order valence-corrected chi connectivity index (χ4v) is 4.80. The number of aliphatic imine (C=N–C) groups is 1. The molecule has 24 heavy (non-hydrogen) atoms. The molecular weight excluding hydrogens is 298 g/mol. The number of rotatable bonds is 3. The van der Waals surface area contributed by atoms with Crippen molar-refractivity contribution in [3.8, 4) is 0 Å². The summed E-state index contributed by atoms with van der Waals surface area (Å²) in [5, 5.41) is 8.09. The average Bonchev–Trinajstić information content (AvgIpc) is 2.99. The Bertz CT molecular complexity index is 586. The van der Waals surface area contributed by atoms with Gasteiger partial charge >= 0.3 is 0 Å². The smallest absolute Gasteiger partial charge is 0.193 e. The molecule has 0 bridgehead atoms. The van der Waals surface area contributed by atoms with E-state index in [4.69, 9.17) is 0 Å². The third-order valence-corrected chi connectivity index (χ3v) is 6.31. The molecule has 5 heteroatoms. The van der Waals surface area contributed by atoms with Crippen LogP contribution >= 0.6 is 0 Å². The van der Waals surface area contributed by atoms with Crippen LogP contribution < -0.4 is 5.32 Å². The van der Waals surface area contributed by atoms with Crippen LogP contribution in [-0.4, -0.2) is 46.8 Å². The first-order valence-electron chi connectivity index (χ1n) is 9.71. The first kappa shape index (κ1) is 16.0. The Morgan fingerprint density at radius 2 is 2.08 bits per heavy atom. The van der Waals surface area contributed by atoms with E-state index >= 15 is 0 Å². The lowest BCUT2D eigenvalue weighted by Gasteiger charge is -2.24. The van der Waals surface area contributed by atoms with Crippen molar-refractivity contribution in [1.82, 2.24) is 20.0 Å². The van der Waals surface area contributed by atoms with Crippen molar-refractivity contribution in [3.63, 3.8) is 0 Å². The van der Waals surface area contributed by atoms with Crippen molar-refractivity contribution in [3.05, 3.63) is 18.0 Å². The van der Waals surface area contributed by atoms with Gasteiger partial charge in [-0.15, -0.1) is 0 Å². The van der Waals surface area contributed by atoms with E-state index in [0.717, 1.165) is 30.9 Å². The molecule has 1 aromatic rings. The zero-order chi connectivity index (χ0) is 16.5. The lowest BCUT2D eigenvalue weighted by molar-refractivity contribution is 0.314. The number of aryl methyl sites for hydroxylation is 1. The fourth-order valence-electron chi connectivity index (χ4n) is 4.80. The Morgan fingerprint density at radius 3 is 2.79 bits per heavy atom. The molecule has 1 aliphatic heterocycles. The highest BCUT2D eigenvalue weighted by molar-refractivity contribution is 5.81. The SMILES string of the molecule is CN=C(N[C@@H]1C[C@@H]1C1CCCCC1)N1CC[C@@H](c2cnn(C)c2)C1. The molecule has 4 rings (SSSR count). The van der Waals surface area contributed by atoms with E-state index in [0.29, 0.717) is 12.0 Å². The van der Waals surface area contributed by atoms with E-state index in [1.165, 1.54) is 50.5 Å². The molecular formula is C19H31N5. The molecule has 2 heterocycles. The van der Waals surface area contributed by atoms with E-state index in [9.17, 15) is 0 Å². The van der Waals surface area contributed by atoms with Gasteiger partial charge in [-0.25, -0.2) is 0 Å². The van der Waals surface area contributed by atoms with Crippen LogP contribution in [0.1, 0.15) is 56.4 Å². The molecule has 3 fully saturated rings. The summed E-state index contributed by atoms with van der Waals surface area (Å²) in [5.41, 5.74) is 1.36. The summed E-state index contributed by atoms with van der Waals surface area (Å²) in [6.45, 7) is 2.16. The Kier molecular flexibility index (Phi) is 4.51. The molecule has 1 aromatic heterocycles. The van der Waals surface area contributed by atoms with Crippen molar-refractivity contribution >= 4 is 5.96 Å². The van der Waals surface area contributed by atoms with Crippen molar-refractivity contribution in [2.75, 3.05) is 20.1 Å². The lowest BCUT2D eigenvalue weighted by atomic mass is 9.85. The molecule has 3 aliphatic rings. The van der Waals surface area contributed by atoms with Crippen LogP contribution in [0.25, 0.3) is 0 Å². The van der Waals surface area contributed by atoms with Gasteiger partial charge < -0.3 is 10.2 Å². The van der Waals surface area contributed by atoms with Gasteiger partial charge in [-0.05, 0) is 30.2 Å². The second-order valence-corrected chi connectivity index (χ2v) is 7.97. The van der Waals surface area contributed by atoms with Crippen LogP contribution in [0.2, 0.25) is 0 Å². The number of hydrogen-bond acceptors (Lipinski definition) is 2. The first-order chi connectivity index (χ1) is 11.7. The maximum absolute atomic E-state index is 4.57. The number of nitrogens with one attached hydrogen (secondary N) is 1. The topological polar surface area (TPSA) is 45.5 Å². The number of guanidine groups is 1. The second-order valence-electron chi connectivity index (χ2n) is 7.97. The van der Waals surface area contributed by atoms with Gasteiger partial charge in [0.15, 0.2) is 5.96 Å². The van der Waals surface area contributed by atoms with Crippen LogP contribution in [0.4, 0.5) is 0 Å². The summed E-state index contributed by atoms with van der Waals surface area (Å²) < 4.78 is 1.91. The van der Waals surface area contributed by atoms with Gasteiger partial charge in [0, 0.05) is 45.3 Å². The van der Waals surface area contributed by atoms with Crippen molar-refractivity contribution in [2.24, 2.45) is 23.9 Å². The minimum Gasteiger partial charge on any atom is -0.353 e. The molecule has 1 N–H and O–H groups in total. The third kappa shape index (κ3) is 3.31. The number of nitrogens with zero attached hydrogens (tertiary/aromatic N) is 4. The predicted molar refractivity (Wildman–Crippen MR) is 97.1 cm³/mol. The van der Waals surface area contributed by atoms with E-state index in [2.05, 4.69) is 26.5 Å². The van der Waals surface area contributed by atoms with Gasteiger partial charge in [0.05, 0.1) is 6.20 Å². The fraction of sp³-hybridized carbons (Fsp3) is 0.789. The highest BCUT2D eigenvalue weighted by atomic mass is 15.3. The van der Waals surface area contributed by atoms with Gasteiger partial charge in [-0.3, -0.25) is 9.67 Å². The van der Waals surface area contributed by atoms with Gasteiger partial charge in [0.1, 0.15) is 0 Å². The van der Waals surface area contributed by atoms with Gasteiger partial charge in [-0.1, -0.05) is 32.1 Å². The van der Waals surface area contributed by atoms with E-state index in [1.807, 2.05) is 25.0 Å². The summed E-state index contributed by atoms with van der Waals surface area (Å²) >= 11 is 0. The first-order valence-corrected chi connectivity index (χ1v) is 9.71. The Balaban J connectivity index is 1.31. The average molecular weight is 329 g/mol. The quantitative estimate of drug-likeness (QED) is 0.685. The molecule has 2 aliphatic carbocycles. The maximum atomic E-state index is 4.57. The van der Waals surface area contributed by atoms with Crippen LogP contribution in [0.3, 0.4) is 0 Å². The Hall–Kier alpha value is -1.52. The van der Waals surface area contributed by atoms with E-state index in [-0.39, 0.29) is 0 Å². The molecule has 2 saturated carbocycles. The van der Waals surface area contributed by atoms with Crippen molar-refractivity contribution in [1.29, 1.82) is 0 Å². The van der Waals surface area contributed by atoms with Gasteiger partial charge in [-0.2, -0.15) is 5.10 Å². The van der Waals surface area contributed by atoms with Crippen molar-refractivity contribution < 1.29 is 0 Å². The second kappa shape index (κ2) is 6.77. The largest absolute Gasteiger partial charge is 0.353 e. The Labute approximate surface area is 145 Å². The van der Waals surface area contributed by atoms with Crippen LogP contribution in [0, 0.1) is 11.8 Å². The minimum atomic E-state index is 0.589. The summed E-state index contributed by atoms with van der Waals surface area (Å²) in [6, 6.07) is 0.671. The molecule has 0 spiro atoms. The molecule has 0 amide bonds. The molecule has 0 radical (unpaired) electrons. The highest BCUT2D eigenvalue weighted by Gasteiger charge is 2.44. The standard InChI is InChI=1S/C19H31N5/c1-20-19(22-18-10-17(18)14-6-4-3-5-7-14)24-9-8-15(13-24)16-11-21-23(2)12-16/h11-12,14-15,17-18H,3-10,13H2,1-2H3,(H,20,22)/t15-,17-,18-/m1/s1. The summed E-state index contributed by atoms with van der Waals surface area (Å²) in [6.07, 6.45) is 14.0. The maximum Gasteiger partial charge on any atom is 0.193 e. The van der Waals surface area contributed by atoms with Crippen molar-refractivity contribution in [2.45, 2.75) is 56.9 Å². The monoisotopic (exact) mass is 329 g/mol. The number of aromatic nitrogens is 2. The van der Waals surface area contributed by atoms with Crippen LogP contribution in [0.5, 0.6) is 0 Å². The Morgan fingerprint density at radius 1 is 1.25 bits per heavy atom. The van der Waals surface area contributed by atoms with E-state index in [1.54, 1.807) is 0 Å². The normalized spacial score (nSPS) is 31.5. The zero-order valence-electron chi connectivity index (χ0n) is 15.1. The summed E-state index contributed by atoms with van der Waals surface area (Å²) in [5.74, 6) is 3.57. The molecule has 0 aromatic carbocycles. The summed E-state index contributed by atoms with van der Waals surface area (Å²) in [4.78, 5) is 7.01. The minimum absolute atomic E-state index is 0.589.